The van der Waals surface area contributed by atoms with Gasteiger partial charge < -0.3 is 4.84 Å². The first-order valence-electron chi connectivity index (χ1n) is 6.57. The molecule has 0 saturated carbocycles. The zero-order valence-electron chi connectivity index (χ0n) is 10.6. The summed E-state index contributed by atoms with van der Waals surface area (Å²) in [6.07, 6.45) is 5.53. The predicted octanol–water partition coefficient (Wildman–Crippen LogP) is 3.58. The number of benzene rings is 1. The van der Waals surface area contributed by atoms with Gasteiger partial charge in [-0.3, -0.25) is 0 Å². The van der Waals surface area contributed by atoms with E-state index < -0.39 is 0 Å². The summed E-state index contributed by atoms with van der Waals surface area (Å²) in [5.74, 6) is 0. The molecule has 1 unspecified atom stereocenters. The Hall–Kier alpha value is -1.31. The monoisotopic (exact) mass is 229 g/mol. The standard InChI is InChI=1S/C15H19NO/c1-3-4-12-5-6-13-7-8-15(14(13)9-12)10-11(2)16-17-15/h5-6,9H,3-4,7-8,10H2,1-2H3. The molecule has 0 fully saturated rings. The molecule has 1 heterocycles. The van der Waals surface area contributed by atoms with Crippen LogP contribution >= 0.6 is 0 Å². The van der Waals surface area contributed by atoms with E-state index in [1.54, 1.807) is 0 Å². The summed E-state index contributed by atoms with van der Waals surface area (Å²) >= 11 is 0. The van der Waals surface area contributed by atoms with Crippen LogP contribution in [-0.4, -0.2) is 5.71 Å². The SMILES string of the molecule is CCCc1ccc2c(c1)C1(CC2)CC(C)=NO1. The van der Waals surface area contributed by atoms with Crippen LogP contribution in [0, 0.1) is 0 Å². The molecule has 0 radical (unpaired) electrons. The second kappa shape index (κ2) is 3.86. The van der Waals surface area contributed by atoms with Crippen LogP contribution in [0.15, 0.2) is 23.4 Å². The van der Waals surface area contributed by atoms with Gasteiger partial charge in [-0.05, 0) is 37.3 Å². The quantitative estimate of drug-likeness (QED) is 0.759. The molecule has 2 nitrogen and oxygen atoms in total. The average Bonchev–Trinajstić information content (AvgIpc) is 2.86. The van der Waals surface area contributed by atoms with E-state index in [1.807, 2.05) is 0 Å². The molecule has 2 heteroatoms. The lowest BCUT2D eigenvalue weighted by molar-refractivity contribution is -0.0215. The summed E-state index contributed by atoms with van der Waals surface area (Å²) in [7, 11) is 0. The Morgan fingerprint density at radius 3 is 3.00 bits per heavy atom. The molecule has 90 valence electrons. The van der Waals surface area contributed by atoms with Crippen molar-refractivity contribution >= 4 is 5.71 Å². The number of hydrogen-bond donors (Lipinski definition) is 0. The molecular weight excluding hydrogens is 210 g/mol. The van der Waals surface area contributed by atoms with Crippen LogP contribution in [0.1, 0.15) is 49.8 Å². The summed E-state index contributed by atoms with van der Waals surface area (Å²) in [5, 5.41) is 4.16. The van der Waals surface area contributed by atoms with E-state index in [0.29, 0.717) is 0 Å². The van der Waals surface area contributed by atoms with E-state index in [1.165, 1.54) is 23.1 Å². The molecule has 2 aliphatic rings. The predicted molar refractivity (Wildman–Crippen MR) is 69.2 cm³/mol. The Bertz CT molecular complexity index is 478. The third-order valence-electron chi connectivity index (χ3n) is 3.92. The Kier molecular flexibility index (Phi) is 2.46. The zero-order valence-corrected chi connectivity index (χ0v) is 10.6. The molecule has 0 amide bonds. The van der Waals surface area contributed by atoms with Crippen molar-refractivity contribution < 1.29 is 4.84 Å². The molecule has 3 rings (SSSR count). The van der Waals surface area contributed by atoms with E-state index >= 15 is 0 Å². The van der Waals surface area contributed by atoms with Gasteiger partial charge in [0.15, 0.2) is 5.60 Å². The highest BCUT2D eigenvalue weighted by Crippen LogP contribution is 2.46. The van der Waals surface area contributed by atoms with Crippen LogP contribution in [-0.2, 0) is 23.3 Å². The Morgan fingerprint density at radius 2 is 2.29 bits per heavy atom. The van der Waals surface area contributed by atoms with Gasteiger partial charge >= 0.3 is 0 Å². The van der Waals surface area contributed by atoms with Crippen LogP contribution < -0.4 is 0 Å². The summed E-state index contributed by atoms with van der Waals surface area (Å²) in [6.45, 7) is 4.28. The van der Waals surface area contributed by atoms with Gasteiger partial charge in [0.2, 0.25) is 0 Å². The number of aryl methyl sites for hydroxylation is 2. The summed E-state index contributed by atoms with van der Waals surface area (Å²) in [4.78, 5) is 5.76. The van der Waals surface area contributed by atoms with Gasteiger partial charge in [0.05, 0.1) is 5.71 Å². The highest BCUT2D eigenvalue weighted by Gasteiger charge is 2.44. The smallest absolute Gasteiger partial charge is 0.168 e. The zero-order chi connectivity index (χ0) is 11.9. The molecule has 1 atom stereocenters. The summed E-state index contributed by atoms with van der Waals surface area (Å²) < 4.78 is 0. The normalized spacial score (nSPS) is 25.9. The van der Waals surface area contributed by atoms with Crippen LogP contribution in [0.25, 0.3) is 0 Å². The molecule has 1 aromatic rings. The van der Waals surface area contributed by atoms with Crippen molar-refractivity contribution in [3.8, 4) is 0 Å². The van der Waals surface area contributed by atoms with Gasteiger partial charge in [-0.1, -0.05) is 36.7 Å². The third kappa shape index (κ3) is 1.67. The van der Waals surface area contributed by atoms with E-state index in [9.17, 15) is 0 Å². The van der Waals surface area contributed by atoms with Gasteiger partial charge in [0.1, 0.15) is 0 Å². The second-order valence-corrected chi connectivity index (χ2v) is 5.33. The minimum Gasteiger partial charge on any atom is -0.384 e. The maximum absolute atomic E-state index is 5.76. The van der Waals surface area contributed by atoms with Crippen molar-refractivity contribution in [1.29, 1.82) is 0 Å². The molecular formula is C15H19NO. The first kappa shape index (κ1) is 10.8. The van der Waals surface area contributed by atoms with E-state index in [2.05, 4.69) is 37.2 Å². The lowest BCUT2D eigenvalue weighted by atomic mass is 9.89. The largest absolute Gasteiger partial charge is 0.384 e. The Balaban J connectivity index is 1.98. The molecule has 1 aliphatic carbocycles. The van der Waals surface area contributed by atoms with Gasteiger partial charge in [-0.2, -0.15) is 0 Å². The second-order valence-electron chi connectivity index (χ2n) is 5.33. The molecule has 0 N–H and O–H groups in total. The number of nitrogens with zero attached hydrogens (tertiary/aromatic N) is 1. The highest BCUT2D eigenvalue weighted by molar-refractivity contribution is 5.84. The average molecular weight is 229 g/mol. The van der Waals surface area contributed by atoms with Gasteiger partial charge in [-0.15, -0.1) is 0 Å². The number of fused-ring (bicyclic) bond motifs is 2. The van der Waals surface area contributed by atoms with Crippen LogP contribution in [0.4, 0.5) is 0 Å². The third-order valence-corrected chi connectivity index (χ3v) is 3.92. The maximum Gasteiger partial charge on any atom is 0.168 e. The fraction of sp³-hybridized carbons (Fsp3) is 0.533. The molecule has 0 bridgehead atoms. The van der Waals surface area contributed by atoms with E-state index in [0.717, 1.165) is 31.4 Å². The maximum atomic E-state index is 5.76. The molecule has 17 heavy (non-hydrogen) atoms. The lowest BCUT2D eigenvalue weighted by Crippen LogP contribution is -2.22. The van der Waals surface area contributed by atoms with E-state index in [4.69, 9.17) is 4.84 Å². The molecule has 0 aromatic heterocycles. The number of rotatable bonds is 2. The van der Waals surface area contributed by atoms with Crippen LogP contribution in [0.2, 0.25) is 0 Å². The Labute approximate surface area is 103 Å². The van der Waals surface area contributed by atoms with Crippen LogP contribution in [0.5, 0.6) is 0 Å². The van der Waals surface area contributed by atoms with Gasteiger partial charge in [0.25, 0.3) is 0 Å². The topological polar surface area (TPSA) is 21.6 Å². The Morgan fingerprint density at radius 1 is 1.41 bits per heavy atom. The molecule has 1 aromatic carbocycles. The van der Waals surface area contributed by atoms with Crippen LogP contribution in [0.3, 0.4) is 0 Å². The molecule has 0 saturated heterocycles. The summed E-state index contributed by atoms with van der Waals surface area (Å²) in [5.41, 5.74) is 5.28. The van der Waals surface area contributed by atoms with Gasteiger partial charge in [0, 0.05) is 12.0 Å². The van der Waals surface area contributed by atoms with Crippen molar-refractivity contribution in [2.75, 3.05) is 0 Å². The number of hydrogen-bond acceptors (Lipinski definition) is 2. The van der Waals surface area contributed by atoms with Crippen molar-refractivity contribution in [2.45, 2.75) is 51.6 Å². The molecule has 1 aliphatic heterocycles. The van der Waals surface area contributed by atoms with Crippen molar-refractivity contribution in [3.63, 3.8) is 0 Å². The minimum atomic E-state index is -0.122. The van der Waals surface area contributed by atoms with Gasteiger partial charge in [-0.25, -0.2) is 0 Å². The lowest BCUT2D eigenvalue weighted by Gasteiger charge is -2.22. The highest BCUT2D eigenvalue weighted by atomic mass is 16.7. The fourth-order valence-electron chi connectivity index (χ4n) is 3.10. The van der Waals surface area contributed by atoms with Crippen molar-refractivity contribution in [1.82, 2.24) is 0 Å². The minimum absolute atomic E-state index is 0.122. The van der Waals surface area contributed by atoms with Crippen molar-refractivity contribution in [2.24, 2.45) is 5.16 Å². The van der Waals surface area contributed by atoms with E-state index in [-0.39, 0.29) is 5.60 Å². The first-order valence-corrected chi connectivity index (χ1v) is 6.57. The van der Waals surface area contributed by atoms with Crippen molar-refractivity contribution in [3.05, 3.63) is 34.9 Å². The first-order chi connectivity index (χ1) is 8.23. The number of oxime groups is 1. The molecule has 1 spiro atoms. The fourth-order valence-corrected chi connectivity index (χ4v) is 3.10. The summed E-state index contributed by atoms with van der Waals surface area (Å²) in [6, 6.07) is 6.90.